The van der Waals surface area contributed by atoms with Gasteiger partial charge in [0.1, 0.15) is 11.5 Å². The smallest absolute Gasteiger partial charge is 0.255 e. The van der Waals surface area contributed by atoms with E-state index in [0.717, 1.165) is 11.3 Å². The van der Waals surface area contributed by atoms with E-state index >= 15 is 0 Å². The maximum Gasteiger partial charge on any atom is 0.255 e. The highest BCUT2D eigenvalue weighted by Gasteiger charge is 2.00. The van der Waals surface area contributed by atoms with E-state index in [1.807, 2.05) is 6.92 Å². The molecule has 0 unspecified atom stereocenters. The molecule has 2 aromatic carbocycles. The molecule has 25 heavy (non-hydrogen) atoms. The first-order valence-corrected chi connectivity index (χ1v) is 7.80. The number of carbonyl (C=O) groups excluding carboxylic acids is 2. The van der Waals surface area contributed by atoms with Gasteiger partial charge in [0.2, 0.25) is 5.91 Å². The van der Waals surface area contributed by atoms with Gasteiger partial charge in [0, 0.05) is 11.8 Å². The van der Waals surface area contributed by atoms with Crippen molar-refractivity contribution in [1.29, 1.82) is 0 Å². The lowest BCUT2D eigenvalue weighted by Crippen LogP contribution is -2.19. The molecule has 130 valence electrons. The van der Waals surface area contributed by atoms with Crippen molar-refractivity contribution in [3.8, 4) is 11.5 Å². The average Bonchev–Trinajstić information content (AvgIpc) is 2.61. The lowest BCUT2D eigenvalue weighted by Gasteiger charge is -2.05. The number of carbonyl (C=O) groups is 2. The highest BCUT2D eigenvalue weighted by atomic mass is 16.5. The standard InChI is InChI=1S/C19H20N2O4/c1-2-24-16-10-6-15(7-11-16)21-19(23)12-5-14-3-8-17(9-4-14)25-13-18(20)22/h3-12H,2,13H2,1H3,(H2,20,22)(H,21,23)/b12-5+. The van der Waals surface area contributed by atoms with Crippen molar-refractivity contribution in [2.24, 2.45) is 5.73 Å². The topological polar surface area (TPSA) is 90.7 Å². The van der Waals surface area contributed by atoms with Gasteiger partial charge in [-0.1, -0.05) is 12.1 Å². The number of benzene rings is 2. The van der Waals surface area contributed by atoms with Gasteiger partial charge in [0.25, 0.3) is 5.91 Å². The Labute approximate surface area is 146 Å². The number of amides is 2. The number of nitrogens with two attached hydrogens (primary N) is 1. The summed E-state index contributed by atoms with van der Waals surface area (Å²) in [5.41, 5.74) is 6.53. The summed E-state index contributed by atoms with van der Waals surface area (Å²) in [7, 11) is 0. The zero-order valence-electron chi connectivity index (χ0n) is 13.9. The van der Waals surface area contributed by atoms with E-state index in [9.17, 15) is 9.59 Å². The van der Waals surface area contributed by atoms with Crippen molar-refractivity contribution in [2.75, 3.05) is 18.5 Å². The highest BCUT2D eigenvalue weighted by Crippen LogP contribution is 2.16. The van der Waals surface area contributed by atoms with E-state index in [1.54, 1.807) is 54.6 Å². The third-order valence-corrected chi connectivity index (χ3v) is 3.12. The summed E-state index contributed by atoms with van der Waals surface area (Å²) < 4.78 is 10.5. The largest absolute Gasteiger partial charge is 0.494 e. The van der Waals surface area contributed by atoms with Gasteiger partial charge in [0.15, 0.2) is 6.61 Å². The SMILES string of the molecule is CCOc1ccc(NC(=O)/C=C/c2ccc(OCC(N)=O)cc2)cc1. The van der Waals surface area contributed by atoms with Gasteiger partial charge < -0.3 is 20.5 Å². The van der Waals surface area contributed by atoms with Crippen LogP contribution in [0.2, 0.25) is 0 Å². The molecule has 0 aromatic heterocycles. The van der Waals surface area contributed by atoms with Crippen LogP contribution in [0.3, 0.4) is 0 Å². The Morgan fingerprint density at radius 1 is 1.00 bits per heavy atom. The molecule has 2 rings (SSSR count). The van der Waals surface area contributed by atoms with Crippen molar-refractivity contribution >= 4 is 23.6 Å². The number of hydrogen-bond acceptors (Lipinski definition) is 4. The first-order chi connectivity index (χ1) is 12.1. The van der Waals surface area contributed by atoms with Crippen LogP contribution in [0.1, 0.15) is 12.5 Å². The molecule has 6 nitrogen and oxygen atoms in total. The van der Waals surface area contributed by atoms with Gasteiger partial charge in [-0.2, -0.15) is 0 Å². The summed E-state index contributed by atoms with van der Waals surface area (Å²) in [5, 5.41) is 2.77. The van der Waals surface area contributed by atoms with E-state index in [0.29, 0.717) is 18.0 Å². The first-order valence-electron chi connectivity index (χ1n) is 7.80. The van der Waals surface area contributed by atoms with Crippen LogP contribution in [0.25, 0.3) is 6.08 Å². The zero-order chi connectivity index (χ0) is 18.1. The summed E-state index contributed by atoms with van der Waals surface area (Å²) in [6.45, 7) is 2.34. The molecule has 6 heteroatoms. The minimum absolute atomic E-state index is 0.167. The molecule has 0 fully saturated rings. The fourth-order valence-electron chi connectivity index (χ4n) is 1.99. The number of rotatable bonds is 8. The Morgan fingerprint density at radius 3 is 2.20 bits per heavy atom. The number of primary amides is 1. The van der Waals surface area contributed by atoms with Crippen LogP contribution in [-0.2, 0) is 9.59 Å². The van der Waals surface area contributed by atoms with E-state index < -0.39 is 5.91 Å². The fourth-order valence-corrected chi connectivity index (χ4v) is 1.99. The molecule has 0 radical (unpaired) electrons. The van der Waals surface area contributed by atoms with E-state index in [-0.39, 0.29) is 12.5 Å². The molecule has 0 atom stereocenters. The maximum absolute atomic E-state index is 11.9. The van der Waals surface area contributed by atoms with Gasteiger partial charge in [-0.25, -0.2) is 0 Å². The second kappa shape index (κ2) is 9.12. The fraction of sp³-hybridized carbons (Fsp3) is 0.158. The van der Waals surface area contributed by atoms with Crippen LogP contribution < -0.4 is 20.5 Å². The molecule has 2 aromatic rings. The quantitative estimate of drug-likeness (QED) is 0.723. The molecular formula is C19H20N2O4. The van der Waals surface area contributed by atoms with Crippen LogP contribution in [0, 0.1) is 0 Å². The minimum Gasteiger partial charge on any atom is -0.494 e. The Kier molecular flexibility index (Phi) is 6.59. The summed E-state index contributed by atoms with van der Waals surface area (Å²) in [6.07, 6.45) is 3.12. The van der Waals surface area contributed by atoms with E-state index in [4.69, 9.17) is 15.2 Å². The lowest BCUT2D eigenvalue weighted by molar-refractivity contribution is -0.120. The predicted molar refractivity (Wildman–Crippen MR) is 96.4 cm³/mol. The Bertz CT molecular complexity index is 737. The molecule has 0 aliphatic heterocycles. The molecular weight excluding hydrogens is 320 g/mol. The Balaban J connectivity index is 1.87. The summed E-state index contributed by atoms with van der Waals surface area (Å²) in [6, 6.07) is 14.1. The van der Waals surface area contributed by atoms with Gasteiger partial charge in [0.05, 0.1) is 6.61 Å². The summed E-state index contributed by atoms with van der Waals surface area (Å²) in [5.74, 6) is 0.526. The van der Waals surface area contributed by atoms with E-state index in [2.05, 4.69) is 5.32 Å². The summed E-state index contributed by atoms with van der Waals surface area (Å²) in [4.78, 5) is 22.6. The van der Waals surface area contributed by atoms with Crippen molar-refractivity contribution in [1.82, 2.24) is 0 Å². The van der Waals surface area contributed by atoms with Crippen molar-refractivity contribution in [3.63, 3.8) is 0 Å². The Hall–Kier alpha value is -3.28. The molecule has 0 saturated carbocycles. The summed E-state index contributed by atoms with van der Waals surface area (Å²) >= 11 is 0. The molecule has 3 N–H and O–H groups in total. The number of ether oxygens (including phenoxy) is 2. The van der Waals surface area contributed by atoms with Crippen LogP contribution in [0.4, 0.5) is 5.69 Å². The van der Waals surface area contributed by atoms with Gasteiger partial charge in [-0.3, -0.25) is 9.59 Å². The van der Waals surface area contributed by atoms with Gasteiger partial charge >= 0.3 is 0 Å². The Morgan fingerprint density at radius 2 is 1.60 bits per heavy atom. The van der Waals surface area contributed by atoms with Gasteiger partial charge in [-0.05, 0) is 55.0 Å². The van der Waals surface area contributed by atoms with Crippen molar-refractivity contribution < 1.29 is 19.1 Å². The van der Waals surface area contributed by atoms with Crippen LogP contribution in [0.5, 0.6) is 11.5 Å². The second-order valence-corrected chi connectivity index (χ2v) is 5.10. The monoisotopic (exact) mass is 340 g/mol. The van der Waals surface area contributed by atoms with E-state index in [1.165, 1.54) is 6.08 Å². The molecule has 0 saturated heterocycles. The third-order valence-electron chi connectivity index (χ3n) is 3.12. The second-order valence-electron chi connectivity index (χ2n) is 5.10. The van der Waals surface area contributed by atoms with Crippen molar-refractivity contribution in [3.05, 3.63) is 60.2 Å². The molecule has 0 heterocycles. The lowest BCUT2D eigenvalue weighted by atomic mass is 10.2. The molecule has 0 aliphatic carbocycles. The number of anilines is 1. The normalized spacial score (nSPS) is 10.4. The third kappa shape index (κ3) is 6.39. The first kappa shape index (κ1) is 18.1. The molecule has 0 spiro atoms. The van der Waals surface area contributed by atoms with Crippen LogP contribution in [0.15, 0.2) is 54.6 Å². The number of hydrogen-bond donors (Lipinski definition) is 2. The van der Waals surface area contributed by atoms with Gasteiger partial charge in [-0.15, -0.1) is 0 Å². The van der Waals surface area contributed by atoms with Crippen LogP contribution in [-0.4, -0.2) is 25.0 Å². The maximum atomic E-state index is 11.9. The molecule has 2 amide bonds. The van der Waals surface area contributed by atoms with Crippen LogP contribution >= 0.6 is 0 Å². The number of nitrogens with one attached hydrogen (secondary N) is 1. The minimum atomic E-state index is -0.532. The molecule has 0 bridgehead atoms. The molecule has 0 aliphatic rings. The zero-order valence-corrected chi connectivity index (χ0v) is 13.9. The highest BCUT2D eigenvalue weighted by molar-refractivity contribution is 6.01. The average molecular weight is 340 g/mol. The van der Waals surface area contributed by atoms with Crippen molar-refractivity contribution in [2.45, 2.75) is 6.92 Å². The predicted octanol–water partition coefficient (Wildman–Crippen LogP) is 2.60.